The van der Waals surface area contributed by atoms with Crippen molar-refractivity contribution in [3.8, 4) is 5.82 Å². The minimum absolute atomic E-state index is 0.112. The van der Waals surface area contributed by atoms with Crippen LogP contribution in [0.15, 0.2) is 67.1 Å². The Hall–Kier alpha value is -3.41. The maximum atomic E-state index is 4.71. The first kappa shape index (κ1) is 19.9. The third kappa shape index (κ3) is 4.59. The molecule has 0 unspecified atom stereocenters. The molecule has 0 saturated carbocycles. The molecule has 4 rings (SSSR count). The number of benzene rings is 2. The van der Waals surface area contributed by atoms with Crippen molar-refractivity contribution in [2.45, 2.75) is 33.2 Å². The summed E-state index contributed by atoms with van der Waals surface area (Å²) in [6.07, 6.45) is 4.73. The second-order valence-corrected chi connectivity index (χ2v) is 7.94. The van der Waals surface area contributed by atoms with Crippen LogP contribution in [0, 0.1) is 5.92 Å². The van der Waals surface area contributed by atoms with E-state index in [1.165, 1.54) is 5.56 Å². The van der Waals surface area contributed by atoms with Crippen LogP contribution in [-0.2, 0) is 0 Å². The van der Waals surface area contributed by atoms with Crippen molar-refractivity contribution >= 4 is 22.7 Å². The molecule has 1 atom stereocenters. The standard InChI is InChI=1S/C24H28N6/c1-17(2)11-13-25-20-9-10-22-21(15-20)27-16-30(22)23-12-14-26-24(29-23)28-18(3)19-7-5-4-6-8-19/h4-10,12,14-18,25H,11,13H2,1-3H3,(H,26,28,29)/t18-/m0/s1. The summed E-state index contributed by atoms with van der Waals surface area (Å²) in [6, 6.07) is 18.6. The van der Waals surface area contributed by atoms with Gasteiger partial charge in [-0.1, -0.05) is 44.2 Å². The van der Waals surface area contributed by atoms with Gasteiger partial charge in [0, 0.05) is 18.4 Å². The molecule has 0 spiro atoms. The first-order valence-electron chi connectivity index (χ1n) is 10.5. The van der Waals surface area contributed by atoms with Crippen LogP contribution in [0.25, 0.3) is 16.9 Å². The number of anilines is 2. The fraction of sp³-hybridized carbons (Fsp3) is 0.292. The third-order valence-corrected chi connectivity index (χ3v) is 5.13. The maximum absolute atomic E-state index is 4.71. The lowest BCUT2D eigenvalue weighted by molar-refractivity contribution is 0.607. The quantitative estimate of drug-likeness (QED) is 0.412. The summed E-state index contributed by atoms with van der Waals surface area (Å²) in [6.45, 7) is 7.53. The SMILES string of the molecule is CC(C)CCNc1ccc2c(c1)ncn2-c1ccnc(N[C@@H](C)c2ccccc2)n1. The van der Waals surface area contributed by atoms with Gasteiger partial charge >= 0.3 is 0 Å². The number of rotatable bonds is 8. The van der Waals surface area contributed by atoms with Crippen LogP contribution in [0.3, 0.4) is 0 Å². The lowest BCUT2D eigenvalue weighted by atomic mass is 10.1. The van der Waals surface area contributed by atoms with E-state index in [0.29, 0.717) is 11.9 Å². The van der Waals surface area contributed by atoms with E-state index in [9.17, 15) is 0 Å². The smallest absolute Gasteiger partial charge is 0.225 e. The molecule has 2 heterocycles. The van der Waals surface area contributed by atoms with Gasteiger partial charge in [0.15, 0.2) is 0 Å². The highest BCUT2D eigenvalue weighted by molar-refractivity contribution is 5.81. The molecule has 30 heavy (non-hydrogen) atoms. The van der Waals surface area contributed by atoms with E-state index in [4.69, 9.17) is 4.98 Å². The molecule has 0 aliphatic carbocycles. The lowest BCUT2D eigenvalue weighted by Gasteiger charge is -2.14. The molecule has 2 N–H and O–H groups in total. The van der Waals surface area contributed by atoms with Crippen LogP contribution < -0.4 is 10.6 Å². The average Bonchev–Trinajstić information content (AvgIpc) is 3.17. The zero-order chi connectivity index (χ0) is 20.9. The van der Waals surface area contributed by atoms with E-state index in [0.717, 1.165) is 35.5 Å². The third-order valence-electron chi connectivity index (χ3n) is 5.13. The molecule has 0 radical (unpaired) electrons. The van der Waals surface area contributed by atoms with Gasteiger partial charge in [0.05, 0.1) is 17.1 Å². The molecular formula is C24H28N6. The Morgan fingerprint density at radius 3 is 2.60 bits per heavy atom. The van der Waals surface area contributed by atoms with E-state index in [1.54, 1.807) is 6.20 Å². The first-order valence-corrected chi connectivity index (χ1v) is 10.5. The van der Waals surface area contributed by atoms with Gasteiger partial charge in [0.2, 0.25) is 5.95 Å². The molecule has 6 nitrogen and oxygen atoms in total. The molecule has 4 aromatic rings. The fourth-order valence-corrected chi connectivity index (χ4v) is 3.38. The van der Waals surface area contributed by atoms with Gasteiger partial charge in [-0.3, -0.25) is 4.57 Å². The monoisotopic (exact) mass is 400 g/mol. The van der Waals surface area contributed by atoms with E-state index >= 15 is 0 Å². The summed E-state index contributed by atoms with van der Waals surface area (Å²) < 4.78 is 1.99. The highest BCUT2D eigenvalue weighted by Gasteiger charge is 2.10. The van der Waals surface area contributed by atoms with Crippen molar-refractivity contribution in [3.63, 3.8) is 0 Å². The number of nitrogens with one attached hydrogen (secondary N) is 2. The molecule has 0 aliphatic rings. The maximum Gasteiger partial charge on any atom is 0.225 e. The second-order valence-electron chi connectivity index (χ2n) is 7.94. The molecule has 154 valence electrons. The number of aromatic nitrogens is 4. The van der Waals surface area contributed by atoms with Crippen molar-refractivity contribution in [2.75, 3.05) is 17.2 Å². The largest absolute Gasteiger partial charge is 0.385 e. The summed E-state index contributed by atoms with van der Waals surface area (Å²) in [5, 5.41) is 6.86. The summed E-state index contributed by atoms with van der Waals surface area (Å²) in [4.78, 5) is 13.7. The Morgan fingerprint density at radius 2 is 1.80 bits per heavy atom. The summed E-state index contributed by atoms with van der Waals surface area (Å²) >= 11 is 0. The van der Waals surface area contributed by atoms with Crippen LogP contribution in [0.2, 0.25) is 0 Å². The van der Waals surface area contributed by atoms with Crippen molar-refractivity contribution < 1.29 is 0 Å². The summed E-state index contributed by atoms with van der Waals surface area (Å²) in [5.41, 5.74) is 4.24. The van der Waals surface area contributed by atoms with Crippen LogP contribution in [-0.4, -0.2) is 26.1 Å². The van der Waals surface area contributed by atoms with Gasteiger partial charge in [-0.25, -0.2) is 9.97 Å². The highest BCUT2D eigenvalue weighted by Crippen LogP contribution is 2.22. The van der Waals surface area contributed by atoms with Crippen LogP contribution in [0.1, 0.15) is 38.8 Å². The van der Waals surface area contributed by atoms with Gasteiger partial charge in [0.1, 0.15) is 12.1 Å². The Kier molecular flexibility index (Phi) is 5.93. The molecule has 2 aromatic carbocycles. The summed E-state index contributed by atoms with van der Waals surface area (Å²) in [5.74, 6) is 2.07. The predicted octanol–water partition coefficient (Wildman–Crippen LogP) is 5.45. The normalized spacial score (nSPS) is 12.3. The fourth-order valence-electron chi connectivity index (χ4n) is 3.38. The number of hydrogen-bond donors (Lipinski definition) is 2. The zero-order valence-electron chi connectivity index (χ0n) is 17.7. The minimum atomic E-state index is 0.112. The number of nitrogens with zero attached hydrogens (tertiary/aromatic N) is 4. The Bertz CT molecular complexity index is 1100. The molecular weight excluding hydrogens is 372 g/mol. The number of fused-ring (bicyclic) bond motifs is 1. The topological polar surface area (TPSA) is 67.7 Å². The molecule has 0 fully saturated rings. The molecule has 6 heteroatoms. The Morgan fingerprint density at radius 1 is 0.967 bits per heavy atom. The van der Waals surface area contributed by atoms with Gasteiger partial charge in [-0.2, -0.15) is 4.98 Å². The van der Waals surface area contributed by atoms with Crippen LogP contribution in [0.4, 0.5) is 11.6 Å². The molecule has 0 bridgehead atoms. The number of imidazole rings is 1. The minimum Gasteiger partial charge on any atom is -0.385 e. The van der Waals surface area contributed by atoms with E-state index < -0.39 is 0 Å². The van der Waals surface area contributed by atoms with Gasteiger partial charge in [-0.05, 0) is 49.1 Å². The van der Waals surface area contributed by atoms with Gasteiger partial charge in [0.25, 0.3) is 0 Å². The molecule has 0 saturated heterocycles. The molecule has 2 aromatic heterocycles. The Labute approximate surface area is 177 Å². The lowest BCUT2D eigenvalue weighted by Crippen LogP contribution is -2.10. The molecule has 0 aliphatic heterocycles. The zero-order valence-corrected chi connectivity index (χ0v) is 17.7. The summed E-state index contributed by atoms with van der Waals surface area (Å²) in [7, 11) is 0. The van der Waals surface area contributed by atoms with Crippen molar-refractivity contribution in [3.05, 3.63) is 72.7 Å². The first-order chi connectivity index (χ1) is 14.6. The predicted molar refractivity (Wildman–Crippen MR) is 123 cm³/mol. The van der Waals surface area contributed by atoms with Crippen molar-refractivity contribution in [1.29, 1.82) is 0 Å². The van der Waals surface area contributed by atoms with Gasteiger partial charge < -0.3 is 10.6 Å². The second kappa shape index (κ2) is 8.95. The van der Waals surface area contributed by atoms with E-state index in [1.807, 2.05) is 35.2 Å². The van der Waals surface area contributed by atoms with Crippen LogP contribution in [0.5, 0.6) is 0 Å². The van der Waals surface area contributed by atoms with E-state index in [-0.39, 0.29) is 6.04 Å². The van der Waals surface area contributed by atoms with Crippen LogP contribution >= 0.6 is 0 Å². The Balaban J connectivity index is 1.53. The highest BCUT2D eigenvalue weighted by atomic mass is 15.2. The van der Waals surface area contributed by atoms with E-state index in [2.05, 4.69) is 71.7 Å². The van der Waals surface area contributed by atoms with Gasteiger partial charge in [-0.15, -0.1) is 0 Å². The molecule has 0 amide bonds. The average molecular weight is 401 g/mol. The number of hydrogen-bond acceptors (Lipinski definition) is 5. The van der Waals surface area contributed by atoms with Crippen molar-refractivity contribution in [1.82, 2.24) is 19.5 Å². The van der Waals surface area contributed by atoms with Crippen molar-refractivity contribution in [2.24, 2.45) is 5.92 Å².